The van der Waals surface area contributed by atoms with Crippen LogP contribution in [-0.4, -0.2) is 16.1 Å². The Kier molecular flexibility index (Phi) is 3.99. The highest BCUT2D eigenvalue weighted by Crippen LogP contribution is 2.25. The first-order valence-corrected chi connectivity index (χ1v) is 6.69. The number of halogens is 1. The Morgan fingerprint density at radius 3 is 2.75 bits per heavy atom. The number of nitrogens with one attached hydrogen (secondary N) is 2. The number of benzene rings is 1. The van der Waals surface area contributed by atoms with Crippen LogP contribution >= 0.6 is 11.6 Å². The number of rotatable bonds is 3. The summed E-state index contributed by atoms with van der Waals surface area (Å²) in [5, 5.41) is 10.2. The maximum absolute atomic E-state index is 12.2. The van der Waals surface area contributed by atoms with Gasteiger partial charge in [-0.1, -0.05) is 31.5 Å². The molecule has 0 unspecified atom stereocenters. The number of amides is 1. The molecule has 0 saturated carbocycles. The van der Waals surface area contributed by atoms with Crippen molar-refractivity contribution in [2.45, 2.75) is 26.7 Å². The molecule has 2 rings (SSSR count). The van der Waals surface area contributed by atoms with Gasteiger partial charge >= 0.3 is 0 Å². The fourth-order valence-corrected chi connectivity index (χ4v) is 2.08. The molecule has 0 atom stereocenters. The molecule has 5 nitrogen and oxygen atoms in total. The van der Waals surface area contributed by atoms with Crippen LogP contribution in [0.2, 0.25) is 5.02 Å². The van der Waals surface area contributed by atoms with Crippen molar-refractivity contribution in [1.82, 2.24) is 10.2 Å². The molecule has 1 heterocycles. The standard InChI is InChI=1S/C14H17ClN4O/c1-7(2)12-11(16)13(19-18-12)14(20)17-10-6-4-5-9(15)8(10)3/h4-7H,16H2,1-3H3,(H,17,20)(H,18,19). The van der Waals surface area contributed by atoms with Gasteiger partial charge in [0.2, 0.25) is 0 Å². The zero-order valence-corrected chi connectivity index (χ0v) is 12.4. The van der Waals surface area contributed by atoms with E-state index in [-0.39, 0.29) is 17.5 Å². The summed E-state index contributed by atoms with van der Waals surface area (Å²) in [4.78, 5) is 12.2. The first-order valence-electron chi connectivity index (χ1n) is 6.32. The Morgan fingerprint density at radius 1 is 1.45 bits per heavy atom. The molecule has 0 fully saturated rings. The molecule has 106 valence electrons. The topological polar surface area (TPSA) is 83.8 Å². The summed E-state index contributed by atoms with van der Waals surface area (Å²) in [5.74, 6) is -0.173. The summed E-state index contributed by atoms with van der Waals surface area (Å²) in [6.45, 7) is 5.80. The number of anilines is 2. The van der Waals surface area contributed by atoms with Crippen LogP contribution in [0.1, 0.15) is 41.5 Å². The Hall–Kier alpha value is -2.01. The van der Waals surface area contributed by atoms with Crippen molar-refractivity contribution < 1.29 is 4.79 Å². The largest absolute Gasteiger partial charge is 0.395 e. The van der Waals surface area contributed by atoms with Crippen molar-refractivity contribution in [3.8, 4) is 0 Å². The first kappa shape index (κ1) is 14.4. The third-order valence-electron chi connectivity index (χ3n) is 3.14. The quantitative estimate of drug-likeness (QED) is 0.811. The third kappa shape index (κ3) is 2.63. The molecular formula is C14H17ClN4O. The third-order valence-corrected chi connectivity index (χ3v) is 3.55. The van der Waals surface area contributed by atoms with E-state index in [9.17, 15) is 4.79 Å². The number of nitrogen functional groups attached to an aromatic ring is 1. The Balaban J connectivity index is 2.27. The van der Waals surface area contributed by atoms with Crippen LogP contribution in [0.5, 0.6) is 0 Å². The Bertz CT molecular complexity index is 649. The van der Waals surface area contributed by atoms with Crippen molar-refractivity contribution in [3.05, 3.63) is 40.2 Å². The number of carbonyl (C=O) groups is 1. The predicted octanol–water partition coefficient (Wildman–Crippen LogP) is 3.33. The van der Waals surface area contributed by atoms with Gasteiger partial charge in [0.05, 0.1) is 11.4 Å². The van der Waals surface area contributed by atoms with Crippen LogP contribution < -0.4 is 11.1 Å². The molecular weight excluding hydrogens is 276 g/mol. The number of hydrogen-bond donors (Lipinski definition) is 3. The van der Waals surface area contributed by atoms with E-state index in [1.54, 1.807) is 18.2 Å². The number of aromatic amines is 1. The number of nitrogens with two attached hydrogens (primary N) is 1. The predicted molar refractivity (Wildman–Crippen MR) is 81.2 cm³/mol. The molecule has 1 aromatic carbocycles. The maximum atomic E-state index is 12.2. The average molecular weight is 293 g/mol. The van der Waals surface area contributed by atoms with Crippen molar-refractivity contribution >= 4 is 28.9 Å². The molecule has 0 bridgehead atoms. The van der Waals surface area contributed by atoms with Crippen LogP contribution in [0, 0.1) is 6.92 Å². The second-order valence-electron chi connectivity index (χ2n) is 4.92. The van der Waals surface area contributed by atoms with Gasteiger partial charge in [0.1, 0.15) is 0 Å². The van der Waals surface area contributed by atoms with Gasteiger partial charge in [-0.3, -0.25) is 9.89 Å². The molecule has 2 aromatic rings. The lowest BCUT2D eigenvalue weighted by atomic mass is 10.1. The van der Waals surface area contributed by atoms with E-state index in [1.165, 1.54) is 0 Å². The van der Waals surface area contributed by atoms with Gasteiger partial charge in [-0.25, -0.2) is 0 Å². The van der Waals surface area contributed by atoms with Gasteiger partial charge in [0, 0.05) is 10.7 Å². The highest BCUT2D eigenvalue weighted by Gasteiger charge is 2.19. The monoisotopic (exact) mass is 292 g/mol. The number of hydrogen-bond acceptors (Lipinski definition) is 3. The van der Waals surface area contributed by atoms with Crippen LogP contribution in [0.25, 0.3) is 0 Å². The second-order valence-corrected chi connectivity index (χ2v) is 5.33. The molecule has 0 aliphatic carbocycles. The minimum Gasteiger partial charge on any atom is -0.395 e. The van der Waals surface area contributed by atoms with Crippen molar-refractivity contribution in [2.75, 3.05) is 11.1 Å². The molecule has 0 aliphatic rings. The molecule has 0 spiro atoms. The van der Waals surface area contributed by atoms with Gasteiger partial charge in [0.25, 0.3) is 5.91 Å². The number of aromatic nitrogens is 2. The fourth-order valence-electron chi connectivity index (χ4n) is 1.90. The first-order chi connectivity index (χ1) is 9.41. The smallest absolute Gasteiger partial charge is 0.278 e. The van der Waals surface area contributed by atoms with Gasteiger partial charge in [0.15, 0.2) is 5.69 Å². The molecule has 0 aliphatic heterocycles. The van der Waals surface area contributed by atoms with Crippen LogP contribution in [0.15, 0.2) is 18.2 Å². The van der Waals surface area contributed by atoms with Gasteiger partial charge in [-0.05, 0) is 30.5 Å². The highest BCUT2D eigenvalue weighted by molar-refractivity contribution is 6.31. The lowest BCUT2D eigenvalue weighted by Gasteiger charge is -2.08. The zero-order valence-electron chi connectivity index (χ0n) is 11.6. The molecule has 0 radical (unpaired) electrons. The summed E-state index contributed by atoms with van der Waals surface area (Å²) in [6, 6.07) is 5.33. The molecule has 0 saturated heterocycles. The van der Waals surface area contributed by atoms with E-state index in [2.05, 4.69) is 15.5 Å². The van der Waals surface area contributed by atoms with Crippen molar-refractivity contribution in [2.24, 2.45) is 0 Å². The summed E-state index contributed by atoms with van der Waals surface area (Å²) in [5.41, 5.74) is 8.75. The number of carbonyl (C=O) groups excluding carboxylic acids is 1. The minimum absolute atomic E-state index is 0.178. The van der Waals surface area contributed by atoms with Gasteiger partial charge in [-0.15, -0.1) is 0 Å². The van der Waals surface area contributed by atoms with Crippen LogP contribution in [0.4, 0.5) is 11.4 Å². The van der Waals surface area contributed by atoms with Crippen molar-refractivity contribution in [3.63, 3.8) is 0 Å². The summed E-state index contributed by atoms with van der Waals surface area (Å²) >= 11 is 6.02. The van der Waals surface area contributed by atoms with Crippen LogP contribution in [0.3, 0.4) is 0 Å². The molecule has 20 heavy (non-hydrogen) atoms. The minimum atomic E-state index is -0.351. The molecule has 1 amide bonds. The van der Waals surface area contributed by atoms with E-state index in [1.807, 2.05) is 20.8 Å². The molecule has 6 heteroatoms. The summed E-state index contributed by atoms with van der Waals surface area (Å²) < 4.78 is 0. The summed E-state index contributed by atoms with van der Waals surface area (Å²) in [6.07, 6.45) is 0. The lowest BCUT2D eigenvalue weighted by Crippen LogP contribution is -2.15. The van der Waals surface area contributed by atoms with E-state index < -0.39 is 0 Å². The molecule has 1 aromatic heterocycles. The molecule has 4 N–H and O–H groups in total. The maximum Gasteiger partial charge on any atom is 0.278 e. The van der Waals surface area contributed by atoms with Gasteiger partial charge < -0.3 is 11.1 Å². The van der Waals surface area contributed by atoms with Crippen LogP contribution in [-0.2, 0) is 0 Å². The fraction of sp³-hybridized carbons (Fsp3) is 0.286. The van der Waals surface area contributed by atoms with Gasteiger partial charge in [-0.2, -0.15) is 5.10 Å². The normalized spacial score (nSPS) is 10.8. The Labute approximate surface area is 122 Å². The lowest BCUT2D eigenvalue weighted by molar-refractivity contribution is 0.102. The zero-order chi connectivity index (χ0) is 14.9. The SMILES string of the molecule is Cc1c(Cl)cccc1NC(=O)c1n[nH]c(C(C)C)c1N. The highest BCUT2D eigenvalue weighted by atomic mass is 35.5. The Morgan fingerprint density at radius 2 is 2.15 bits per heavy atom. The second kappa shape index (κ2) is 5.54. The number of H-pyrrole nitrogens is 1. The number of nitrogens with zero attached hydrogens (tertiary/aromatic N) is 1. The van der Waals surface area contributed by atoms with E-state index in [0.29, 0.717) is 16.4 Å². The van der Waals surface area contributed by atoms with E-state index in [4.69, 9.17) is 17.3 Å². The van der Waals surface area contributed by atoms with Crippen molar-refractivity contribution in [1.29, 1.82) is 0 Å². The van der Waals surface area contributed by atoms with E-state index >= 15 is 0 Å². The average Bonchev–Trinajstić information content (AvgIpc) is 2.77. The summed E-state index contributed by atoms with van der Waals surface area (Å²) in [7, 11) is 0. The van der Waals surface area contributed by atoms with E-state index in [0.717, 1.165) is 11.3 Å².